The van der Waals surface area contributed by atoms with Crippen LogP contribution in [0.25, 0.3) is 0 Å². The lowest BCUT2D eigenvalue weighted by Crippen LogP contribution is -2.35. The van der Waals surface area contributed by atoms with Crippen LogP contribution in [0, 0.1) is 11.3 Å². The van der Waals surface area contributed by atoms with Gasteiger partial charge in [-0.1, -0.05) is 0 Å². The molecule has 4 rings (SSSR count). The summed E-state index contributed by atoms with van der Waals surface area (Å²) in [6, 6.07) is 23.3. The van der Waals surface area contributed by atoms with Crippen LogP contribution < -0.4 is 15.4 Å². The lowest BCUT2D eigenvalue weighted by Gasteiger charge is -2.24. The van der Waals surface area contributed by atoms with E-state index in [4.69, 9.17) is 15.7 Å². The highest BCUT2D eigenvalue weighted by atomic mass is 16.5. The van der Waals surface area contributed by atoms with E-state index in [0.717, 1.165) is 25.2 Å². The standard InChI is InChI=1S/C26H24N4O3/c27-18-19-2-8-22(9-3-19)29-14-1-15-30(17-16-29)26(32)21-6-12-24(13-7-21)33-23-10-4-20(5-11-23)25(28)31/h2-13H,1,14-17H2,(H2,28,31). The molecule has 0 spiro atoms. The molecule has 0 aliphatic carbocycles. The summed E-state index contributed by atoms with van der Waals surface area (Å²) in [5.41, 5.74) is 7.98. The molecular weight excluding hydrogens is 416 g/mol. The van der Waals surface area contributed by atoms with Crippen LogP contribution in [0.3, 0.4) is 0 Å². The van der Waals surface area contributed by atoms with Crippen LogP contribution >= 0.6 is 0 Å². The molecule has 0 unspecified atom stereocenters. The number of benzene rings is 3. The van der Waals surface area contributed by atoms with E-state index in [-0.39, 0.29) is 5.91 Å². The zero-order valence-electron chi connectivity index (χ0n) is 18.1. The zero-order valence-corrected chi connectivity index (χ0v) is 18.1. The van der Waals surface area contributed by atoms with Gasteiger partial charge in [-0.2, -0.15) is 5.26 Å². The van der Waals surface area contributed by atoms with Crippen LogP contribution in [-0.2, 0) is 0 Å². The molecule has 0 bridgehead atoms. The number of rotatable bonds is 5. The highest BCUT2D eigenvalue weighted by molar-refractivity contribution is 5.94. The Kier molecular flexibility index (Phi) is 6.56. The predicted molar refractivity (Wildman–Crippen MR) is 125 cm³/mol. The van der Waals surface area contributed by atoms with Crippen molar-refractivity contribution in [3.05, 3.63) is 89.5 Å². The molecule has 7 heteroatoms. The van der Waals surface area contributed by atoms with E-state index in [0.29, 0.717) is 41.3 Å². The van der Waals surface area contributed by atoms with E-state index in [9.17, 15) is 9.59 Å². The summed E-state index contributed by atoms with van der Waals surface area (Å²) in [7, 11) is 0. The van der Waals surface area contributed by atoms with E-state index in [1.807, 2.05) is 29.2 Å². The lowest BCUT2D eigenvalue weighted by atomic mass is 10.2. The van der Waals surface area contributed by atoms with E-state index in [1.165, 1.54) is 0 Å². The fourth-order valence-corrected chi connectivity index (χ4v) is 3.80. The van der Waals surface area contributed by atoms with Crippen LogP contribution in [0.15, 0.2) is 72.8 Å². The van der Waals surface area contributed by atoms with E-state index in [2.05, 4.69) is 11.0 Å². The third-order valence-corrected chi connectivity index (χ3v) is 5.62. The van der Waals surface area contributed by atoms with Gasteiger partial charge in [0.2, 0.25) is 5.91 Å². The van der Waals surface area contributed by atoms with Gasteiger partial charge in [-0.25, -0.2) is 0 Å². The molecule has 2 N–H and O–H groups in total. The first-order chi connectivity index (χ1) is 16.0. The number of nitrogens with two attached hydrogens (primary N) is 1. The van der Waals surface area contributed by atoms with Crippen LogP contribution in [0.2, 0.25) is 0 Å². The molecule has 3 aromatic carbocycles. The van der Waals surface area contributed by atoms with Crippen molar-refractivity contribution < 1.29 is 14.3 Å². The highest BCUT2D eigenvalue weighted by Gasteiger charge is 2.20. The number of anilines is 1. The van der Waals surface area contributed by atoms with E-state index >= 15 is 0 Å². The number of hydrogen-bond donors (Lipinski definition) is 1. The molecule has 0 radical (unpaired) electrons. The van der Waals surface area contributed by atoms with Gasteiger partial charge in [0, 0.05) is 43.0 Å². The Bertz CT molecular complexity index is 1170. The first-order valence-corrected chi connectivity index (χ1v) is 10.8. The number of hydrogen-bond acceptors (Lipinski definition) is 5. The first kappa shape index (κ1) is 21.9. The predicted octanol–water partition coefficient (Wildman–Crippen LogP) is 3.80. The second-order valence-electron chi connectivity index (χ2n) is 7.81. The maximum atomic E-state index is 13.0. The quantitative estimate of drug-likeness (QED) is 0.650. The Morgan fingerprint density at radius 2 is 1.39 bits per heavy atom. The van der Waals surface area contributed by atoms with Gasteiger partial charge < -0.3 is 20.3 Å². The normalized spacial score (nSPS) is 13.7. The topological polar surface area (TPSA) is 99.7 Å². The number of carbonyl (C=O) groups is 2. The van der Waals surface area contributed by atoms with Crippen LogP contribution in [0.5, 0.6) is 11.5 Å². The summed E-state index contributed by atoms with van der Waals surface area (Å²) < 4.78 is 5.79. The second-order valence-corrected chi connectivity index (χ2v) is 7.81. The molecule has 0 saturated carbocycles. The van der Waals surface area contributed by atoms with Gasteiger partial charge in [0.05, 0.1) is 11.6 Å². The van der Waals surface area contributed by atoms with Crippen molar-refractivity contribution in [3.8, 4) is 17.6 Å². The van der Waals surface area contributed by atoms with Crippen molar-refractivity contribution in [2.45, 2.75) is 6.42 Å². The first-order valence-electron chi connectivity index (χ1n) is 10.8. The minimum absolute atomic E-state index is 0.00552. The van der Waals surface area contributed by atoms with Gasteiger partial charge in [-0.15, -0.1) is 0 Å². The number of nitrogens with zero attached hydrogens (tertiary/aromatic N) is 3. The van der Waals surface area contributed by atoms with E-state index in [1.54, 1.807) is 48.5 Å². The summed E-state index contributed by atoms with van der Waals surface area (Å²) in [5.74, 6) is 0.683. The Morgan fingerprint density at radius 1 is 0.788 bits per heavy atom. The monoisotopic (exact) mass is 440 g/mol. The molecule has 7 nitrogen and oxygen atoms in total. The number of primary amides is 1. The van der Waals surface area contributed by atoms with E-state index < -0.39 is 5.91 Å². The molecule has 1 heterocycles. The third-order valence-electron chi connectivity index (χ3n) is 5.62. The average molecular weight is 441 g/mol. The van der Waals surface area contributed by atoms with Gasteiger partial charge in [0.25, 0.3) is 5.91 Å². The number of amides is 2. The molecule has 1 saturated heterocycles. The molecule has 2 amide bonds. The zero-order chi connectivity index (χ0) is 23.2. The van der Waals surface area contributed by atoms with Gasteiger partial charge >= 0.3 is 0 Å². The Balaban J connectivity index is 1.36. The van der Waals surface area contributed by atoms with Crippen molar-refractivity contribution in [3.63, 3.8) is 0 Å². The summed E-state index contributed by atoms with van der Waals surface area (Å²) >= 11 is 0. The average Bonchev–Trinajstić information content (AvgIpc) is 3.11. The molecule has 0 atom stereocenters. The molecular formula is C26H24N4O3. The minimum atomic E-state index is -0.488. The van der Waals surface area contributed by atoms with Gasteiger partial charge in [-0.05, 0) is 79.2 Å². The minimum Gasteiger partial charge on any atom is -0.457 e. The van der Waals surface area contributed by atoms with Crippen LogP contribution in [-0.4, -0.2) is 42.9 Å². The molecule has 166 valence electrons. The molecule has 0 aromatic heterocycles. The van der Waals surface area contributed by atoms with Crippen molar-refractivity contribution in [1.82, 2.24) is 4.90 Å². The Labute approximate surface area is 192 Å². The smallest absolute Gasteiger partial charge is 0.253 e. The fourth-order valence-electron chi connectivity index (χ4n) is 3.80. The summed E-state index contributed by atoms with van der Waals surface area (Å²) in [5, 5.41) is 8.98. The number of nitriles is 1. The van der Waals surface area contributed by atoms with Crippen molar-refractivity contribution >= 4 is 17.5 Å². The maximum absolute atomic E-state index is 13.0. The molecule has 33 heavy (non-hydrogen) atoms. The van der Waals surface area contributed by atoms with Gasteiger partial charge in [0.15, 0.2) is 0 Å². The second kappa shape index (κ2) is 9.88. The summed E-state index contributed by atoms with van der Waals surface area (Å²) in [4.78, 5) is 28.3. The maximum Gasteiger partial charge on any atom is 0.253 e. The van der Waals surface area contributed by atoms with Crippen molar-refractivity contribution in [2.24, 2.45) is 5.73 Å². The molecule has 3 aromatic rings. The van der Waals surface area contributed by atoms with Crippen LogP contribution in [0.1, 0.15) is 32.7 Å². The Hall–Kier alpha value is -4.31. The lowest BCUT2D eigenvalue weighted by molar-refractivity contribution is 0.0766. The van der Waals surface area contributed by atoms with Gasteiger partial charge in [-0.3, -0.25) is 9.59 Å². The largest absolute Gasteiger partial charge is 0.457 e. The number of carbonyl (C=O) groups excluding carboxylic acids is 2. The molecule has 1 aliphatic heterocycles. The van der Waals surface area contributed by atoms with Crippen molar-refractivity contribution in [1.29, 1.82) is 5.26 Å². The fraction of sp³-hybridized carbons (Fsp3) is 0.192. The third kappa shape index (κ3) is 5.31. The molecule has 1 aliphatic rings. The van der Waals surface area contributed by atoms with Crippen molar-refractivity contribution in [2.75, 3.05) is 31.1 Å². The molecule has 1 fully saturated rings. The van der Waals surface area contributed by atoms with Gasteiger partial charge in [0.1, 0.15) is 11.5 Å². The summed E-state index contributed by atoms with van der Waals surface area (Å²) in [6.45, 7) is 2.91. The van der Waals surface area contributed by atoms with Crippen LogP contribution in [0.4, 0.5) is 5.69 Å². The SMILES string of the molecule is N#Cc1ccc(N2CCCN(C(=O)c3ccc(Oc4ccc(C(N)=O)cc4)cc3)CC2)cc1. The highest BCUT2D eigenvalue weighted by Crippen LogP contribution is 2.23. The summed E-state index contributed by atoms with van der Waals surface area (Å²) in [6.07, 6.45) is 0.869. The number of ether oxygens (including phenoxy) is 1. The Morgan fingerprint density at radius 3 is 1.97 bits per heavy atom.